The van der Waals surface area contributed by atoms with Gasteiger partial charge in [-0.3, -0.25) is 4.79 Å². The Balaban J connectivity index is 1.97. The fourth-order valence-electron chi connectivity index (χ4n) is 3.00. The Kier molecular flexibility index (Phi) is 4.14. The molecule has 0 atom stereocenters. The van der Waals surface area contributed by atoms with Gasteiger partial charge < -0.3 is 10.2 Å². The molecule has 0 spiro atoms. The van der Waals surface area contributed by atoms with E-state index >= 15 is 0 Å². The summed E-state index contributed by atoms with van der Waals surface area (Å²) < 4.78 is 0. The number of nitrogens with one attached hydrogen (secondary N) is 1. The summed E-state index contributed by atoms with van der Waals surface area (Å²) in [5.41, 5.74) is 5.55. The second kappa shape index (κ2) is 6.22. The Morgan fingerprint density at radius 3 is 2.86 bits per heavy atom. The van der Waals surface area contributed by atoms with E-state index in [0.29, 0.717) is 6.54 Å². The third kappa shape index (κ3) is 2.71. The van der Waals surface area contributed by atoms with Crippen LogP contribution in [0.4, 0.5) is 5.69 Å². The highest BCUT2D eigenvalue weighted by molar-refractivity contribution is 6.01. The fourth-order valence-corrected chi connectivity index (χ4v) is 3.00. The van der Waals surface area contributed by atoms with Crippen LogP contribution in [0.3, 0.4) is 0 Å². The predicted octanol–water partition coefficient (Wildman–Crippen LogP) is 3.49. The Labute approximate surface area is 132 Å². The highest BCUT2D eigenvalue weighted by atomic mass is 16.1. The van der Waals surface area contributed by atoms with Gasteiger partial charge in [-0.15, -0.1) is 0 Å². The van der Waals surface area contributed by atoms with Crippen LogP contribution in [-0.4, -0.2) is 26.0 Å². The quantitative estimate of drug-likeness (QED) is 0.936. The zero-order valence-electron chi connectivity index (χ0n) is 13.2. The normalized spacial score (nSPS) is 13.1. The molecule has 114 valence electrons. The molecule has 1 N–H and O–H groups in total. The molecule has 0 saturated heterocycles. The average Bonchev–Trinajstić information content (AvgIpc) is 2.93. The highest BCUT2D eigenvalue weighted by Gasteiger charge is 2.18. The van der Waals surface area contributed by atoms with Crippen molar-refractivity contribution < 1.29 is 4.79 Å². The van der Waals surface area contributed by atoms with Gasteiger partial charge >= 0.3 is 0 Å². The summed E-state index contributed by atoms with van der Waals surface area (Å²) >= 11 is 0. The number of anilines is 1. The van der Waals surface area contributed by atoms with E-state index in [4.69, 9.17) is 0 Å². The standard InChI is InChI=1S/C19H22N2O/c1-3-11-20-19(22)17-7-5-4-6-16(17)14-8-9-18-15(13-14)10-12-21(18)2/h4-9,13H,3,10-12H2,1-2H3,(H,20,22). The molecule has 1 aliphatic rings. The second-order valence-corrected chi connectivity index (χ2v) is 5.82. The maximum atomic E-state index is 12.4. The first-order valence-corrected chi connectivity index (χ1v) is 7.92. The minimum Gasteiger partial charge on any atom is -0.374 e. The van der Waals surface area contributed by atoms with Gasteiger partial charge in [0.15, 0.2) is 0 Å². The van der Waals surface area contributed by atoms with Gasteiger partial charge in [-0.1, -0.05) is 31.2 Å². The van der Waals surface area contributed by atoms with Gasteiger partial charge in [0, 0.05) is 31.4 Å². The maximum absolute atomic E-state index is 12.4. The van der Waals surface area contributed by atoms with Gasteiger partial charge in [-0.05, 0) is 47.7 Å². The third-order valence-corrected chi connectivity index (χ3v) is 4.23. The molecule has 0 radical (unpaired) electrons. The van der Waals surface area contributed by atoms with Crippen molar-refractivity contribution in [2.45, 2.75) is 19.8 Å². The topological polar surface area (TPSA) is 32.3 Å². The lowest BCUT2D eigenvalue weighted by Gasteiger charge is -2.14. The van der Waals surface area contributed by atoms with Crippen LogP contribution in [0.15, 0.2) is 42.5 Å². The van der Waals surface area contributed by atoms with E-state index < -0.39 is 0 Å². The van der Waals surface area contributed by atoms with Crippen molar-refractivity contribution in [3.8, 4) is 11.1 Å². The summed E-state index contributed by atoms with van der Waals surface area (Å²) in [6, 6.07) is 14.4. The number of fused-ring (bicyclic) bond motifs is 1. The summed E-state index contributed by atoms with van der Waals surface area (Å²) in [6.45, 7) is 3.84. The lowest BCUT2D eigenvalue weighted by molar-refractivity contribution is 0.0954. The molecule has 3 rings (SSSR count). The van der Waals surface area contributed by atoms with Crippen LogP contribution in [0.5, 0.6) is 0 Å². The summed E-state index contributed by atoms with van der Waals surface area (Å²) in [7, 11) is 2.12. The van der Waals surface area contributed by atoms with E-state index in [0.717, 1.165) is 36.1 Å². The number of hydrogen-bond donors (Lipinski definition) is 1. The van der Waals surface area contributed by atoms with Crippen LogP contribution in [0.25, 0.3) is 11.1 Å². The number of carbonyl (C=O) groups is 1. The van der Waals surface area contributed by atoms with Gasteiger partial charge in [0.05, 0.1) is 0 Å². The van der Waals surface area contributed by atoms with Gasteiger partial charge in [0.2, 0.25) is 0 Å². The summed E-state index contributed by atoms with van der Waals surface area (Å²) in [5.74, 6) is 0.00932. The molecule has 0 saturated carbocycles. The monoisotopic (exact) mass is 294 g/mol. The van der Waals surface area contributed by atoms with Crippen LogP contribution >= 0.6 is 0 Å². The minimum absolute atomic E-state index is 0.00932. The molecule has 0 aromatic heterocycles. The van der Waals surface area contributed by atoms with Crippen LogP contribution in [-0.2, 0) is 6.42 Å². The number of nitrogens with zero attached hydrogens (tertiary/aromatic N) is 1. The van der Waals surface area contributed by atoms with Crippen molar-refractivity contribution in [3.63, 3.8) is 0 Å². The van der Waals surface area contributed by atoms with Crippen molar-refractivity contribution in [2.24, 2.45) is 0 Å². The van der Waals surface area contributed by atoms with Crippen molar-refractivity contribution in [1.29, 1.82) is 0 Å². The Hall–Kier alpha value is -2.29. The number of rotatable bonds is 4. The largest absolute Gasteiger partial charge is 0.374 e. The van der Waals surface area contributed by atoms with E-state index in [9.17, 15) is 4.79 Å². The summed E-state index contributed by atoms with van der Waals surface area (Å²) in [4.78, 5) is 14.6. The first-order valence-electron chi connectivity index (χ1n) is 7.92. The molecule has 2 aromatic rings. The molecule has 22 heavy (non-hydrogen) atoms. The number of carbonyl (C=O) groups excluding carboxylic acids is 1. The highest BCUT2D eigenvalue weighted by Crippen LogP contribution is 2.32. The maximum Gasteiger partial charge on any atom is 0.251 e. The van der Waals surface area contributed by atoms with Crippen molar-refractivity contribution in [2.75, 3.05) is 25.0 Å². The summed E-state index contributed by atoms with van der Waals surface area (Å²) in [6.07, 6.45) is 2.02. The van der Waals surface area contributed by atoms with Crippen molar-refractivity contribution in [3.05, 3.63) is 53.6 Å². The first kappa shape index (κ1) is 14.6. The average molecular weight is 294 g/mol. The van der Waals surface area contributed by atoms with E-state index in [1.807, 2.05) is 24.3 Å². The van der Waals surface area contributed by atoms with Gasteiger partial charge in [-0.2, -0.15) is 0 Å². The molecule has 0 bridgehead atoms. The number of benzene rings is 2. The van der Waals surface area contributed by atoms with E-state index in [2.05, 4.69) is 42.4 Å². The van der Waals surface area contributed by atoms with Crippen LogP contribution in [0.2, 0.25) is 0 Å². The van der Waals surface area contributed by atoms with Gasteiger partial charge in [-0.25, -0.2) is 0 Å². The lowest BCUT2D eigenvalue weighted by atomic mass is 9.97. The molecule has 2 aromatic carbocycles. The van der Waals surface area contributed by atoms with E-state index in [1.165, 1.54) is 11.3 Å². The van der Waals surface area contributed by atoms with Gasteiger partial charge in [0.25, 0.3) is 5.91 Å². The van der Waals surface area contributed by atoms with Crippen LogP contribution < -0.4 is 10.2 Å². The predicted molar refractivity (Wildman–Crippen MR) is 91.5 cm³/mol. The molecule has 1 heterocycles. The van der Waals surface area contributed by atoms with Crippen LogP contribution in [0.1, 0.15) is 29.3 Å². The molecule has 0 aliphatic carbocycles. The zero-order valence-corrected chi connectivity index (χ0v) is 13.2. The lowest BCUT2D eigenvalue weighted by Crippen LogP contribution is -2.24. The number of likely N-dealkylation sites (N-methyl/N-ethyl adjacent to an activating group) is 1. The van der Waals surface area contributed by atoms with Gasteiger partial charge in [0.1, 0.15) is 0 Å². The fraction of sp³-hybridized carbons (Fsp3) is 0.316. The Morgan fingerprint density at radius 1 is 1.23 bits per heavy atom. The molecule has 1 aliphatic heterocycles. The Bertz CT molecular complexity index is 694. The van der Waals surface area contributed by atoms with Crippen molar-refractivity contribution in [1.82, 2.24) is 5.32 Å². The van der Waals surface area contributed by atoms with Crippen molar-refractivity contribution >= 4 is 11.6 Å². The first-order chi connectivity index (χ1) is 10.7. The third-order valence-electron chi connectivity index (χ3n) is 4.23. The molecular weight excluding hydrogens is 272 g/mol. The Morgan fingerprint density at radius 2 is 2.05 bits per heavy atom. The number of amides is 1. The second-order valence-electron chi connectivity index (χ2n) is 5.82. The number of hydrogen-bond acceptors (Lipinski definition) is 2. The minimum atomic E-state index is 0.00932. The molecule has 3 heteroatoms. The van der Waals surface area contributed by atoms with E-state index in [-0.39, 0.29) is 5.91 Å². The molecular formula is C19H22N2O. The molecule has 1 amide bonds. The summed E-state index contributed by atoms with van der Waals surface area (Å²) in [5, 5.41) is 2.97. The molecule has 0 fully saturated rings. The van der Waals surface area contributed by atoms with E-state index in [1.54, 1.807) is 0 Å². The zero-order chi connectivity index (χ0) is 15.5. The molecule has 3 nitrogen and oxygen atoms in total. The molecule has 0 unspecified atom stereocenters. The SMILES string of the molecule is CCCNC(=O)c1ccccc1-c1ccc2c(c1)CCN2C. The van der Waals surface area contributed by atoms with Crippen LogP contribution in [0, 0.1) is 0 Å². The smallest absolute Gasteiger partial charge is 0.251 e.